The summed E-state index contributed by atoms with van der Waals surface area (Å²) in [7, 11) is 3.24. The molecule has 0 radical (unpaired) electrons. The lowest BCUT2D eigenvalue weighted by Crippen LogP contribution is -2.38. The number of benzene rings is 2. The van der Waals surface area contributed by atoms with Crippen molar-refractivity contribution >= 4 is 16.6 Å². The maximum Gasteiger partial charge on any atom is 0.161 e. The third kappa shape index (κ3) is 3.65. The summed E-state index contributed by atoms with van der Waals surface area (Å²) in [6, 6.07) is 10.0. The summed E-state index contributed by atoms with van der Waals surface area (Å²) in [5.74, 6) is 2.60. The summed E-state index contributed by atoms with van der Waals surface area (Å²) >= 11 is 0. The number of anilines is 1. The minimum Gasteiger partial charge on any atom is -0.493 e. The Hall–Kier alpha value is -3.09. The molecule has 2 aromatic carbocycles. The van der Waals surface area contributed by atoms with Gasteiger partial charge in [-0.2, -0.15) is 5.10 Å². The molecule has 0 N–H and O–H groups in total. The molecular formula is C21H22FN3O3. The lowest BCUT2D eigenvalue weighted by Gasteiger charge is -2.33. The van der Waals surface area contributed by atoms with E-state index in [0.29, 0.717) is 17.2 Å². The molecule has 6 nitrogen and oxygen atoms in total. The van der Waals surface area contributed by atoms with E-state index in [1.54, 1.807) is 32.5 Å². The fourth-order valence-electron chi connectivity index (χ4n) is 3.52. The maximum absolute atomic E-state index is 13.0. The standard InChI is InChI=1S/C21H22FN3O3/c1-26-19-11-14-13-23-24-21(18(14)12-20(19)27-2)25-9-7-17(8-10-25)28-16-5-3-15(22)4-6-16/h3-6,11-13,17H,7-10H2,1-2H3. The van der Waals surface area contributed by atoms with Crippen LogP contribution in [-0.4, -0.2) is 43.6 Å². The zero-order valence-corrected chi connectivity index (χ0v) is 15.9. The van der Waals surface area contributed by atoms with Crippen molar-refractivity contribution in [2.75, 3.05) is 32.2 Å². The van der Waals surface area contributed by atoms with Gasteiger partial charge in [0.1, 0.15) is 17.7 Å². The zero-order valence-electron chi connectivity index (χ0n) is 15.9. The van der Waals surface area contributed by atoms with Crippen LogP contribution in [0.5, 0.6) is 17.2 Å². The summed E-state index contributed by atoms with van der Waals surface area (Å²) in [6.45, 7) is 1.60. The van der Waals surface area contributed by atoms with Gasteiger partial charge in [-0.25, -0.2) is 4.39 Å². The highest BCUT2D eigenvalue weighted by atomic mass is 19.1. The molecule has 28 heavy (non-hydrogen) atoms. The van der Waals surface area contributed by atoms with E-state index in [2.05, 4.69) is 15.1 Å². The van der Waals surface area contributed by atoms with Crippen LogP contribution >= 0.6 is 0 Å². The minimum absolute atomic E-state index is 0.0966. The Morgan fingerprint density at radius 3 is 2.36 bits per heavy atom. The second kappa shape index (κ2) is 7.88. The number of rotatable bonds is 5. The number of ether oxygens (including phenoxy) is 3. The van der Waals surface area contributed by atoms with Crippen LogP contribution in [0.3, 0.4) is 0 Å². The van der Waals surface area contributed by atoms with Gasteiger partial charge in [0, 0.05) is 36.7 Å². The topological polar surface area (TPSA) is 56.7 Å². The number of nitrogens with zero attached hydrogens (tertiary/aromatic N) is 3. The smallest absolute Gasteiger partial charge is 0.161 e. The molecule has 3 aromatic rings. The van der Waals surface area contributed by atoms with E-state index in [4.69, 9.17) is 14.2 Å². The predicted octanol–water partition coefficient (Wildman–Crippen LogP) is 3.83. The molecule has 7 heteroatoms. The highest BCUT2D eigenvalue weighted by Gasteiger charge is 2.23. The van der Waals surface area contributed by atoms with Gasteiger partial charge in [0.25, 0.3) is 0 Å². The number of halogens is 1. The van der Waals surface area contributed by atoms with Crippen molar-refractivity contribution in [3.05, 3.63) is 48.4 Å². The summed E-state index contributed by atoms with van der Waals surface area (Å²) in [5, 5.41) is 10.5. The molecule has 1 fully saturated rings. The third-order valence-electron chi connectivity index (χ3n) is 5.00. The van der Waals surface area contributed by atoms with Crippen molar-refractivity contribution in [1.82, 2.24) is 10.2 Å². The molecule has 2 heterocycles. The normalized spacial score (nSPS) is 14.9. The minimum atomic E-state index is -0.260. The van der Waals surface area contributed by atoms with E-state index in [0.717, 1.165) is 42.5 Å². The van der Waals surface area contributed by atoms with Crippen LogP contribution < -0.4 is 19.1 Å². The van der Waals surface area contributed by atoms with Gasteiger partial charge in [-0.15, -0.1) is 5.10 Å². The summed E-state index contributed by atoms with van der Waals surface area (Å²) in [6.07, 6.45) is 3.52. The first kappa shape index (κ1) is 18.3. The first-order chi connectivity index (χ1) is 13.7. The Kier molecular flexibility index (Phi) is 5.14. The lowest BCUT2D eigenvalue weighted by molar-refractivity contribution is 0.170. The van der Waals surface area contributed by atoms with E-state index >= 15 is 0 Å². The van der Waals surface area contributed by atoms with Gasteiger partial charge in [-0.3, -0.25) is 0 Å². The van der Waals surface area contributed by atoms with E-state index in [-0.39, 0.29) is 11.9 Å². The van der Waals surface area contributed by atoms with E-state index in [1.165, 1.54) is 12.1 Å². The first-order valence-electron chi connectivity index (χ1n) is 9.22. The molecular weight excluding hydrogens is 361 g/mol. The second-order valence-corrected chi connectivity index (χ2v) is 6.72. The predicted molar refractivity (Wildman–Crippen MR) is 105 cm³/mol. The molecule has 4 rings (SSSR count). The van der Waals surface area contributed by atoms with Gasteiger partial charge >= 0.3 is 0 Å². The van der Waals surface area contributed by atoms with Gasteiger partial charge in [-0.05, 0) is 36.4 Å². The Labute approximate surface area is 162 Å². The number of hydrogen-bond donors (Lipinski definition) is 0. The highest BCUT2D eigenvalue weighted by Crippen LogP contribution is 2.36. The molecule has 146 valence electrons. The van der Waals surface area contributed by atoms with Gasteiger partial charge in [0.15, 0.2) is 17.3 Å². The highest BCUT2D eigenvalue weighted by molar-refractivity contribution is 5.94. The van der Waals surface area contributed by atoms with Crippen LogP contribution in [0.2, 0.25) is 0 Å². The van der Waals surface area contributed by atoms with E-state index in [9.17, 15) is 4.39 Å². The van der Waals surface area contributed by atoms with Crippen molar-refractivity contribution < 1.29 is 18.6 Å². The molecule has 0 aliphatic carbocycles. The Morgan fingerprint density at radius 1 is 1.00 bits per heavy atom. The SMILES string of the molecule is COc1cc2cnnc(N3CCC(Oc4ccc(F)cc4)CC3)c2cc1OC. The van der Waals surface area contributed by atoms with Crippen molar-refractivity contribution in [3.8, 4) is 17.2 Å². The number of fused-ring (bicyclic) bond motifs is 1. The van der Waals surface area contributed by atoms with Crippen LogP contribution in [0.25, 0.3) is 10.8 Å². The number of aromatic nitrogens is 2. The van der Waals surface area contributed by atoms with Crippen LogP contribution in [-0.2, 0) is 0 Å². The first-order valence-corrected chi connectivity index (χ1v) is 9.22. The van der Waals surface area contributed by atoms with Gasteiger partial charge in [-0.1, -0.05) is 0 Å². The molecule has 0 atom stereocenters. The Morgan fingerprint density at radius 2 is 1.68 bits per heavy atom. The zero-order chi connectivity index (χ0) is 19.5. The van der Waals surface area contributed by atoms with Crippen molar-refractivity contribution in [2.24, 2.45) is 0 Å². The fraction of sp³-hybridized carbons (Fsp3) is 0.333. The maximum atomic E-state index is 13.0. The summed E-state index contributed by atoms with van der Waals surface area (Å²) < 4.78 is 29.8. The van der Waals surface area contributed by atoms with Crippen LogP contribution in [0.1, 0.15) is 12.8 Å². The fourth-order valence-corrected chi connectivity index (χ4v) is 3.52. The van der Waals surface area contributed by atoms with Crippen molar-refractivity contribution in [2.45, 2.75) is 18.9 Å². The molecule has 1 aliphatic rings. The average molecular weight is 383 g/mol. The largest absolute Gasteiger partial charge is 0.493 e. The molecule has 0 saturated carbocycles. The monoisotopic (exact) mass is 383 g/mol. The van der Waals surface area contributed by atoms with Crippen LogP contribution in [0.15, 0.2) is 42.6 Å². The lowest BCUT2D eigenvalue weighted by atomic mass is 10.1. The Bertz CT molecular complexity index is 957. The van der Waals surface area contributed by atoms with Crippen LogP contribution in [0, 0.1) is 5.82 Å². The quantitative estimate of drug-likeness (QED) is 0.667. The number of hydrogen-bond acceptors (Lipinski definition) is 6. The molecule has 0 bridgehead atoms. The number of methoxy groups -OCH3 is 2. The van der Waals surface area contributed by atoms with Gasteiger partial charge in [0.2, 0.25) is 0 Å². The van der Waals surface area contributed by atoms with Gasteiger partial charge in [0.05, 0.1) is 20.4 Å². The van der Waals surface area contributed by atoms with Crippen molar-refractivity contribution in [3.63, 3.8) is 0 Å². The molecule has 1 saturated heterocycles. The second-order valence-electron chi connectivity index (χ2n) is 6.72. The van der Waals surface area contributed by atoms with Gasteiger partial charge < -0.3 is 19.1 Å². The Balaban J connectivity index is 1.51. The van der Waals surface area contributed by atoms with Crippen molar-refractivity contribution in [1.29, 1.82) is 0 Å². The molecule has 1 aliphatic heterocycles. The van der Waals surface area contributed by atoms with Crippen LogP contribution in [0.4, 0.5) is 10.2 Å². The number of piperidine rings is 1. The third-order valence-corrected chi connectivity index (χ3v) is 5.00. The average Bonchev–Trinajstić information content (AvgIpc) is 2.74. The molecule has 0 unspecified atom stereocenters. The molecule has 0 amide bonds. The van der Waals surface area contributed by atoms with E-state index in [1.807, 2.05) is 12.1 Å². The summed E-state index contributed by atoms with van der Waals surface area (Å²) in [5.41, 5.74) is 0. The molecule has 0 spiro atoms. The molecule has 1 aromatic heterocycles. The van der Waals surface area contributed by atoms with E-state index < -0.39 is 0 Å². The summed E-state index contributed by atoms with van der Waals surface area (Å²) in [4.78, 5) is 2.21.